The summed E-state index contributed by atoms with van der Waals surface area (Å²) in [6.45, 7) is 6.55. The van der Waals surface area contributed by atoms with Crippen molar-refractivity contribution in [3.8, 4) is 0 Å². The topological polar surface area (TPSA) is 78.9 Å². The predicted octanol–water partition coefficient (Wildman–Crippen LogP) is 23.8. The zero-order valence-electron chi connectivity index (χ0n) is 53.1. The van der Waals surface area contributed by atoms with Crippen LogP contribution in [0.3, 0.4) is 0 Å². The zero-order chi connectivity index (χ0) is 57.8. The van der Waals surface area contributed by atoms with E-state index in [1.807, 2.05) is 0 Å². The first-order valence-electron chi connectivity index (χ1n) is 34.6. The number of hydrogen-bond acceptors (Lipinski definition) is 6. The minimum atomic E-state index is -0.779. The van der Waals surface area contributed by atoms with Crippen molar-refractivity contribution in [2.75, 3.05) is 13.2 Å². The van der Waals surface area contributed by atoms with Crippen molar-refractivity contribution in [3.63, 3.8) is 0 Å². The SMILES string of the molecule is CC/C=C\C/C=C\C/C=C\C/C=C\C/C=C\CCCCCCCCCCCC(=O)OCC(COC(=O)CCCCCCCCCCCCCC)OC(=O)CCCCCCCCCCCCCCC/C=C\C/C=C\CCCCCCC. The van der Waals surface area contributed by atoms with Gasteiger partial charge in [0.15, 0.2) is 6.10 Å². The molecule has 0 amide bonds. The Balaban J connectivity index is 4.27. The molecule has 0 fully saturated rings. The maximum atomic E-state index is 12.9. The Bertz CT molecular complexity index is 1520. The number of unbranched alkanes of at least 4 members (excludes halogenated alkanes) is 38. The smallest absolute Gasteiger partial charge is 0.306 e. The van der Waals surface area contributed by atoms with Crippen molar-refractivity contribution >= 4 is 17.9 Å². The van der Waals surface area contributed by atoms with Gasteiger partial charge in [0.25, 0.3) is 0 Å². The fraction of sp³-hybridized carbons (Fsp3) is 0.770. The van der Waals surface area contributed by atoms with Gasteiger partial charge in [0.2, 0.25) is 0 Å². The van der Waals surface area contributed by atoms with Crippen LogP contribution in [0.5, 0.6) is 0 Å². The van der Waals surface area contributed by atoms with Crippen molar-refractivity contribution in [1.29, 1.82) is 0 Å². The number of hydrogen-bond donors (Lipinski definition) is 0. The molecule has 0 aliphatic carbocycles. The van der Waals surface area contributed by atoms with Crippen LogP contribution in [0, 0.1) is 0 Å². The first-order valence-corrected chi connectivity index (χ1v) is 34.6. The normalized spacial score (nSPS) is 12.6. The Hall–Kier alpha value is -3.41. The van der Waals surface area contributed by atoms with E-state index in [2.05, 4.69) is 106 Å². The lowest BCUT2D eigenvalue weighted by atomic mass is 10.0. The second kappa shape index (κ2) is 68.1. The summed E-state index contributed by atoms with van der Waals surface area (Å²) in [5.41, 5.74) is 0. The third-order valence-corrected chi connectivity index (χ3v) is 15.1. The molecule has 0 aromatic carbocycles. The van der Waals surface area contributed by atoms with Crippen molar-refractivity contribution in [2.24, 2.45) is 0 Å². The summed E-state index contributed by atoms with van der Waals surface area (Å²) in [4.78, 5) is 38.4. The monoisotopic (exact) mass is 1110 g/mol. The van der Waals surface area contributed by atoms with E-state index in [-0.39, 0.29) is 31.1 Å². The van der Waals surface area contributed by atoms with Crippen LogP contribution in [0.4, 0.5) is 0 Å². The Labute approximate surface area is 496 Å². The Morgan fingerprint density at radius 2 is 0.487 bits per heavy atom. The minimum absolute atomic E-state index is 0.0747. The third-order valence-electron chi connectivity index (χ3n) is 15.1. The summed E-state index contributed by atoms with van der Waals surface area (Å²) >= 11 is 0. The summed E-state index contributed by atoms with van der Waals surface area (Å²) in [6, 6.07) is 0. The fourth-order valence-electron chi connectivity index (χ4n) is 9.97. The summed E-state index contributed by atoms with van der Waals surface area (Å²) < 4.78 is 17.0. The van der Waals surface area contributed by atoms with Gasteiger partial charge in [-0.15, -0.1) is 0 Å². The Morgan fingerprint density at radius 1 is 0.263 bits per heavy atom. The van der Waals surface area contributed by atoms with Crippen molar-refractivity contribution < 1.29 is 28.6 Å². The molecule has 0 saturated carbocycles. The summed E-state index contributed by atoms with van der Waals surface area (Å²) in [7, 11) is 0. The first kappa shape index (κ1) is 76.6. The molecule has 6 heteroatoms. The molecule has 0 aliphatic rings. The summed E-state index contributed by atoms with van der Waals surface area (Å²) in [5, 5.41) is 0. The van der Waals surface area contributed by atoms with Gasteiger partial charge >= 0.3 is 17.9 Å². The summed E-state index contributed by atoms with van der Waals surface area (Å²) in [6.07, 6.45) is 90.3. The number of allylic oxidation sites excluding steroid dienone is 14. The van der Waals surface area contributed by atoms with E-state index in [4.69, 9.17) is 14.2 Å². The molecule has 80 heavy (non-hydrogen) atoms. The fourth-order valence-corrected chi connectivity index (χ4v) is 9.97. The highest BCUT2D eigenvalue weighted by atomic mass is 16.6. The number of carbonyl (C=O) groups is 3. The van der Waals surface area contributed by atoms with E-state index in [1.54, 1.807) is 0 Å². The molecule has 0 aliphatic heterocycles. The molecule has 0 bridgehead atoms. The van der Waals surface area contributed by atoms with E-state index >= 15 is 0 Å². The molecule has 6 nitrogen and oxygen atoms in total. The van der Waals surface area contributed by atoms with Gasteiger partial charge in [-0.1, -0.05) is 318 Å². The van der Waals surface area contributed by atoms with Crippen molar-refractivity contribution in [1.82, 2.24) is 0 Å². The maximum Gasteiger partial charge on any atom is 0.306 e. The largest absolute Gasteiger partial charge is 0.462 e. The molecule has 0 rings (SSSR count). The van der Waals surface area contributed by atoms with Crippen LogP contribution in [0.25, 0.3) is 0 Å². The molecule has 0 aromatic rings. The summed E-state index contributed by atoms with van der Waals surface area (Å²) in [5.74, 6) is -0.864. The highest BCUT2D eigenvalue weighted by Crippen LogP contribution is 2.17. The van der Waals surface area contributed by atoms with Crippen LogP contribution in [0.1, 0.15) is 348 Å². The molecule has 0 saturated heterocycles. The molecule has 0 radical (unpaired) electrons. The molecule has 1 atom stereocenters. The van der Waals surface area contributed by atoms with Gasteiger partial charge in [0.1, 0.15) is 13.2 Å². The van der Waals surface area contributed by atoms with E-state index in [0.29, 0.717) is 19.3 Å². The maximum absolute atomic E-state index is 12.9. The van der Waals surface area contributed by atoms with Crippen molar-refractivity contribution in [3.05, 3.63) is 85.1 Å². The second-order valence-corrected chi connectivity index (χ2v) is 23.1. The zero-order valence-corrected chi connectivity index (χ0v) is 53.1. The third kappa shape index (κ3) is 65.4. The number of ether oxygens (including phenoxy) is 3. The molecule has 0 aromatic heterocycles. The van der Waals surface area contributed by atoms with Gasteiger partial charge in [-0.25, -0.2) is 0 Å². The van der Waals surface area contributed by atoms with E-state index < -0.39 is 6.10 Å². The van der Waals surface area contributed by atoms with Gasteiger partial charge in [-0.2, -0.15) is 0 Å². The molecular weight excluding hydrogens is 985 g/mol. The molecule has 0 spiro atoms. The lowest BCUT2D eigenvalue weighted by Gasteiger charge is -2.18. The first-order chi connectivity index (χ1) is 39.5. The van der Waals surface area contributed by atoms with E-state index in [0.717, 1.165) is 103 Å². The molecule has 0 heterocycles. The second-order valence-electron chi connectivity index (χ2n) is 23.1. The van der Waals surface area contributed by atoms with Gasteiger partial charge in [-0.05, 0) is 96.3 Å². The Morgan fingerprint density at radius 3 is 0.762 bits per heavy atom. The highest BCUT2D eigenvalue weighted by Gasteiger charge is 2.19. The van der Waals surface area contributed by atoms with Gasteiger partial charge < -0.3 is 14.2 Å². The van der Waals surface area contributed by atoms with E-state index in [1.165, 1.54) is 205 Å². The highest BCUT2D eigenvalue weighted by molar-refractivity contribution is 5.71. The van der Waals surface area contributed by atoms with Crippen LogP contribution < -0.4 is 0 Å². The van der Waals surface area contributed by atoms with Gasteiger partial charge in [0.05, 0.1) is 0 Å². The standard InChI is InChI=1S/C74H130O6/c1-4-7-10-13-16-19-22-25-27-29-31-33-35-37-39-41-43-45-47-49-52-55-58-61-64-67-73(76)79-70-71(69-78-72(75)66-63-60-57-54-51-24-21-18-15-12-9-6-3)80-74(77)68-65-62-59-56-53-50-48-46-44-42-40-38-36-34-32-30-28-26-23-20-17-14-11-8-5-2/h7,10,16,19,23,25-27,30-33,37,39,71H,4-6,8-9,11-15,17-18,20-22,24,28-29,34-36,38,40-70H2,1-3H3/b10-7-,19-16-,26-23-,27-25-,32-30-,33-31-,39-37-. The lowest BCUT2D eigenvalue weighted by molar-refractivity contribution is -0.167. The average molecular weight is 1120 g/mol. The van der Waals surface area contributed by atoms with Crippen LogP contribution in [-0.2, 0) is 28.6 Å². The van der Waals surface area contributed by atoms with Crippen molar-refractivity contribution in [2.45, 2.75) is 354 Å². The van der Waals surface area contributed by atoms with Crippen LogP contribution in [0.15, 0.2) is 85.1 Å². The predicted molar refractivity (Wildman–Crippen MR) is 348 cm³/mol. The van der Waals surface area contributed by atoms with Crippen LogP contribution in [-0.4, -0.2) is 37.2 Å². The molecular formula is C74H130O6. The van der Waals surface area contributed by atoms with Crippen LogP contribution in [0.2, 0.25) is 0 Å². The molecule has 462 valence electrons. The lowest BCUT2D eigenvalue weighted by Crippen LogP contribution is -2.30. The van der Waals surface area contributed by atoms with E-state index in [9.17, 15) is 14.4 Å². The number of rotatable bonds is 63. The minimum Gasteiger partial charge on any atom is -0.462 e. The quantitative estimate of drug-likeness (QED) is 0.0261. The molecule has 0 N–H and O–H groups in total. The average Bonchev–Trinajstić information content (AvgIpc) is 3.46. The Kier molecular flexibility index (Phi) is 65.2. The van der Waals surface area contributed by atoms with Gasteiger partial charge in [-0.3, -0.25) is 14.4 Å². The number of carbonyl (C=O) groups excluding carboxylic acids is 3. The van der Waals surface area contributed by atoms with Crippen LogP contribution >= 0.6 is 0 Å². The van der Waals surface area contributed by atoms with Gasteiger partial charge in [0, 0.05) is 19.3 Å². The molecule has 1 unspecified atom stereocenters. The number of esters is 3.